The van der Waals surface area contributed by atoms with Crippen LogP contribution in [0.15, 0.2) is 48.7 Å². The van der Waals surface area contributed by atoms with Gasteiger partial charge in [-0.05, 0) is 37.3 Å². The first-order chi connectivity index (χ1) is 9.69. The quantitative estimate of drug-likeness (QED) is 0.838. The van der Waals surface area contributed by atoms with E-state index < -0.39 is 0 Å². The molecule has 0 fully saturated rings. The molecule has 0 aliphatic carbocycles. The van der Waals surface area contributed by atoms with E-state index in [1.807, 2.05) is 25.1 Å². The fraction of sp³-hybridized carbons (Fsp3) is 0.125. The number of pyridine rings is 1. The highest BCUT2D eigenvalue weighted by Crippen LogP contribution is 2.11. The standard InChI is InChI=1S/C16H15N3O/c1-3-13-7-6-8-14(11-13)19-16(20)18-12(2)15-9-4-5-10-17-15/h1,4-12H,2H3,(H2,18,19,20). The lowest BCUT2D eigenvalue weighted by molar-refractivity contribution is 0.249. The fourth-order valence-corrected chi connectivity index (χ4v) is 1.76. The van der Waals surface area contributed by atoms with Gasteiger partial charge in [0.05, 0.1) is 11.7 Å². The molecule has 1 aromatic heterocycles. The number of benzene rings is 1. The molecule has 0 spiro atoms. The van der Waals surface area contributed by atoms with E-state index in [0.29, 0.717) is 5.69 Å². The zero-order valence-corrected chi connectivity index (χ0v) is 11.1. The van der Waals surface area contributed by atoms with Crippen molar-refractivity contribution in [2.75, 3.05) is 5.32 Å². The van der Waals surface area contributed by atoms with Crippen LogP contribution in [-0.4, -0.2) is 11.0 Å². The number of aromatic nitrogens is 1. The van der Waals surface area contributed by atoms with Crippen LogP contribution in [0.3, 0.4) is 0 Å². The van der Waals surface area contributed by atoms with Crippen molar-refractivity contribution in [3.8, 4) is 12.3 Å². The third-order valence-corrected chi connectivity index (χ3v) is 2.77. The van der Waals surface area contributed by atoms with Crippen molar-refractivity contribution in [1.82, 2.24) is 10.3 Å². The van der Waals surface area contributed by atoms with Crippen molar-refractivity contribution >= 4 is 11.7 Å². The molecule has 2 amide bonds. The van der Waals surface area contributed by atoms with Crippen molar-refractivity contribution in [2.45, 2.75) is 13.0 Å². The number of carbonyl (C=O) groups excluding carboxylic acids is 1. The van der Waals surface area contributed by atoms with Crippen LogP contribution in [0.25, 0.3) is 0 Å². The minimum atomic E-state index is -0.294. The van der Waals surface area contributed by atoms with Crippen LogP contribution in [-0.2, 0) is 0 Å². The van der Waals surface area contributed by atoms with Gasteiger partial charge in [0.25, 0.3) is 0 Å². The minimum absolute atomic E-state index is 0.174. The van der Waals surface area contributed by atoms with Crippen molar-refractivity contribution in [2.24, 2.45) is 0 Å². The third-order valence-electron chi connectivity index (χ3n) is 2.77. The Hall–Kier alpha value is -2.80. The van der Waals surface area contributed by atoms with E-state index in [2.05, 4.69) is 21.5 Å². The van der Waals surface area contributed by atoms with E-state index in [9.17, 15) is 4.79 Å². The molecule has 100 valence electrons. The summed E-state index contributed by atoms with van der Waals surface area (Å²) in [6.45, 7) is 1.87. The minimum Gasteiger partial charge on any atom is -0.330 e. The smallest absolute Gasteiger partial charge is 0.319 e. The van der Waals surface area contributed by atoms with Crippen LogP contribution in [0.2, 0.25) is 0 Å². The fourth-order valence-electron chi connectivity index (χ4n) is 1.76. The number of carbonyl (C=O) groups is 1. The Balaban J connectivity index is 1.97. The topological polar surface area (TPSA) is 54.0 Å². The van der Waals surface area contributed by atoms with Gasteiger partial charge in [0.1, 0.15) is 0 Å². The highest BCUT2D eigenvalue weighted by molar-refractivity contribution is 5.89. The van der Waals surface area contributed by atoms with E-state index in [1.54, 1.807) is 30.5 Å². The molecule has 1 atom stereocenters. The largest absolute Gasteiger partial charge is 0.330 e. The maximum Gasteiger partial charge on any atom is 0.319 e. The number of rotatable bonds is 3. The molecule has 0 bridgehead atoms. The second kappa shape index (κ2) is 6.39. The maximum atomic E-state index is 11.9. The van der Waals surface area contributed by atoms with Gasteiger partial charge in [-0.3, -0.25) is 4.98 Å². The van der Waals surface area contributed by atoms with Crippen LogP contribution in [0, 0.1) is 12.3 Å². The summed E-state index contributed by atoms with van der Waals surface area (Å²) in [5.41, 5.74) is 2.19. The van der Waals surface area contributed by atoms with Gasteiger partial charge in [0.15, 0.2) is 0 Å². The first kappa shape index (κ1) is 13.6. The molecular formula is C16H15N3O. The Labute approximate surface area is 118 Å². The third kappa shape index (κ3) is 3.59. The summed E-state index contributed by atoms with van der Waals surface area (Å²) in [7, 11) is 0. The van der Waals surface area contributed by atoms with E-state index in [0.717, 1.165) is 11.3 Å². The summed E-state index contributed by atoms with van der Waals surface area (Å²) in [5.74, 6) is 2.53. The van der Waals surface area contributed by atoms with Crippen LogP contribution in [0.4, 0.5) is 10.5 Å². The predicted octanol–water partition coefficient (Wildman–Crippen LogP) is 2.95. The van der Waals surface area contributed by atoms with Gasteiger partial charge in [-0.25, -0.2) is 4.79 Å². The molecule has 4 nitrogen and oxygen atoms in total. The number of hydrogen-bond acceptors (Lipinski definition) is 2. The lowest BCUT2D eigenvalue weighted by atomic mass is 10.2. The van der Waals surface area contributed by atoms with E-state index in [-0.39, 0.29) is 12.1 Å². The number of nitrogens with zero attached hydrogens (tertiary/aromatic N) is 1. The average Bonchev–Trinajstić information content (AvgIpc) is 2.48. The van der Waals surface area contributed by atoms with Crippen molar-refractivity contribution < 1.29 is 4.79 Å². The summed E-state index contributed by atoms with van der Waals surface area (Å²) < 4.78 is 0. The lowest BCUT2D eigenvalue weighted by Crippen LogP contribution is -2.31. The number of terminal acetylenes is 1. The molecule has 4 heteroatoms. The number of anilines is 1. The van der Waals surface area contributed by atoms with E-state index in [1.165, 1.54) is 0 Å². The zero-order chi connectivity index (χ0) is 14.4. The first-order valence-corrected chi connectivity index (χ1v) is 6.24. The van der Waals surface area contributed by atoms with Gasteiger partial charge >= 0.3 is 6.03 Å². The number of urea groups is 1. The molecule has 2 N–H and O–H groups in total. The summed E-state index contributed by atoms with van der Waals surface area (Å²) >= 11 is 0. The lowest BCUT2D eigenvalue weighted by Gasteiger charge is -2.14. The molecule has 0 saturated heterocycles. The molecule has 1 heterocycles. The Bertz CT molecular complexity index is 632. The maximum absolute atomic E-state index is 11.9. The zero-order valence-electron chi connectivity index (χ0n) is 11.1. The summed E-state index contributed by atoms with van der Waals surface area (Å²) in [6, 6.07) is 12.2. The molecule has 1 aromatic carbocycles. The second-order valence-electron chi connectivity index (χ2n) is 4.30. The molecule has 0 aliphatic rings. The van der Waals surface area contributed by atoms with E-state index in [4.69, 9.17) is 6.42 Å². The summed E-state index contributed by atoms with van der Waals surface area (Å²) in [5, 5.41) is 5.56. The predicted molar refractivity (Wildman–Crippen MR) is 79.2 cm³/mol. The van der Waals surface area contributed by atoms with Crippen LogP contribution >= 0.6 is 0 Å². The summed E-state index contributed by atoms with van der Waals surface area (Å²) in [4.78, 5) is 16.1. The molecule has 20 heavy (non-hydrogen) atoms. The van der Waals surface area contributed by atoms with Gasteiger partial charge in [-0.1, -0.05) is 18.1 Å². The van der Waals surface area contributed by atoms with Gasteiger partial charge < -0.3 is 10.6 Å². The highest BCUT2D eigenvalue weighted by Gasteiger charge is 2.10. The first-order valence-electron chi connectivity index (χ1n) is 6.24. The highest BCUT2D eigenvalue weighted by atomic mass is 16.2. The van der Waals surface area contributed by atoms with E-state index >= 15 is 0 Å². The van der Waals surface area contributed by atoms with Gasteiger partial charge in [-0.2, -0.15) is 0 Å². The summed E-state index contributed by atoms with van der Waals surface area (Å²) in [6.07, 6.45) is 7.02. The molecule has 0 aliphatic heterocycles. The Morgan fingerprint density at radius 1 is 1.30 bits per heavy atom. The Morgan fingerprint density at radius 2 is 2.15 bits per heavy atom. The molecule has 0 saturated carbocycles. The van der Waals surface area contributed by atoms with Crippen molar-refractivity contribution in [1.29, 1.82) is 0 Å². The Morgan fingerprint density at radius 3 is 2.85 bits per heavy atom. The molecule has 0 radical (unpaired) electrons. The molecule has 2 rings (SSSR count). The normalized spacial score (nSPS) is 11.2. The molecule has 1 unspecified atom stereocenters. The van der Waals surface area contributed by atoms with Crippen LogP contribution in [0.1, 0.15) is 24.2 Å². The number of amides is 2. The Kier molecular flexibility index (Phi) is 4.35. The number of hydrogen-bond donors (Lipinski definition) is 2. The SMILES string of the molecule is C#Cc1cccc(NC(=O)NC(C)c2ccccn2)c1. The van der Waals surface area contributed by atoms with Gasteiger partial charge in [-0.15, -0.1) is 6.42 Å². The monoisotopic (exact) mass is 265 g/mol. The van der Waals surface area contributed by atoms with Crippen molar-refractivity contribution in [3.63, 3.8) is 0 Å². The van der Waals surface area contributed by atoms with Crippen LogP contribution in [0.5, 0.6) is 0 Å². The number of nitrogens with one attached hydrogen (secondary N) is 2. The average molecular weight is 265 g/mol. The second-order valence-corrected chi connectivity index (χ2v) is 4.30. The molecular weight excluding hydrogens is 250 g/mol. The van der Waals surface area contributed by atoms with Crippen LogP contribution < -0.4 is 10.6 Å². The van der Waals surface area contributed by atoms with Gasteiger partial charge in [0.2, 0.25) is 0 Å². The van der Waals surface area contributed by atoms with Crippen molar-refractivity contribution in [3.05, 3.63) is 59.9 Å². The molecule has 2 aromatic rings. The van der Waals surface area contributed by atoms with Gasteiger partial charge in [0, 0.05) is 17.4 Å².